The molecule has 116 valence electrons. The van der Waals surface area contributed by atoms with Gasteiger partial charge in [0, 0.05) is 12.2 Å². The Morgan fingerprint density at radius 1 is 1.52 bits per heavy atom. The van der Waals surface area contributed by atoms with E-state index < -0.39 is 0 Å². The van der Waals surface area contributed by atoms with Crippen LogP contribution in [0.2, 0.25) is 0 Å². The summed E-state index contributed by atoms with van der Waals surface area (Å²) in [6, 6.07) is 4.37. The molecule has 2 atom stereocenters. The molecule has 21 heavy (non-hydrogen) atoms. The van der Waals surface area contributed by atoms with Crippen molar-refractivity contribution in [3.05, 3.63) is 29.6 Å². The number of amides is 2. The predicted octanol–water partition coefficient (Wildman–Crippen LogP) is 2.00. The number of hydrogen-bond acceptors (Lipinski definition) is 3. The number of nitrogens with zero attached hydrogens (tertiary/aromatic N) is 1. The summed E-state index contributed by atoms with van der Waals surface area (Å²) >= 11 is 0. The third-order valence-corrected chi connectivity index (χ3v) is 3.50. The van der Waals surface area contributed by atoms with Crippen LogP contribution in [0.1, 0.15) is 19.4 Å². The van der Waals surface area contributed by atoms with Crippen molar-refractivity contribution >= 4 is 11.7 Å². The van der Waals surface area contributed by atoms with Crippen LogP contribution in [0.4, 0.5) is 14.9 Å². The molecule has 0 saturated carbocycles. The van der Waals surface area contributed by atoms with Gasteiger partial charge in [-0.25, -0.2) is 9.18 Å². The third kappa shape index (κ3) is 3.92. The summed E-state index contributed by atoms with van der Waals surface area (Å²) in [5.74, 6) is -0.320. The number of nitrogens with one attached hydrogen (secondary N) is 1. The van der Waals surface area contributed by atoms with Gasteiger partial charge in [-0.2, -0.15) is 0 Å². The normalized spacial score (nSPS) is 22.2. The Morgan fingerprint density at radius 2 is 2.29 bits per heavy atom. The lowest BCUT2D eigenvalue weighted by molar-refractivity contribution is -0.0822. The number of benzene rings is 1. The average Bonchev–Trinajstić information content (AvgIpc) is 2.46. The van der Waals surface area contributed by atoms with E-state index in [-0.39, 0.29) is 30.7 Å². The van der Waals surface area contributed by atoms with Gasteiger partial charge in [-0.1, -0.05) is 13.0 Å². The second-order valence-corrected chi connectivity index (χ2v) is 5.25. The van der Waals surface area contributed by atoms with E-state index in [4.69, 9.17) is 9.84 Å². The minimum absolute atomic E-state index is 0.131. The van der Waals surface area contributed by atoms with Crippen LogP contribution < -0.4 is 5.32 Å². The Bertz CT molecular complexity index is 510. The number of morpholine rings is 1. The maximum absolute atomic E-state index is 13.7. The first-order chi connectivity index (χ1) is 10.0. The lowest BCUT2D eigenvalue weighted by Gasteiger charge is -2.36. The van der Waals surface area contributed by atoms with E-state index in [0.717, 1.165) is 0 Å². The molecule has 2 N–H and O–H groups in total. The van der Waals surface area contributed by atoms with Crippen LogP contribution >= 0.6 is 0 Å². The Hall–Kier alpha value is -1.66. The van der Waals surface area contributed by atoms with Crippen molar-refractivity contribution in [1.29, 1.82) is 0 Å². The van der Waals surface area contributed by atoms with Gasteiger partial charge >= 0.3 is 6.03 Å². The van der Waals surface area contributed by atoms with Gasteiger partial charge < -0.3 is 20.1 Å². The number of ether oxygens (including phenoxy) is 1. The van der Waals surface area contributed by atoms with Crippen LogP contribution in [0.3, 0.4) is 0 Å². The molecule has 1 aliphatic rings. The van der Waals surface area contributed by atoms with Crippen LogP contribution in [0.25, 0.3) is 0 Å². The Morgan fingerprint density at radius 3 is 2.90 bits per heavy atom. The molecule has 0 aromatic heterocycles. The zero-order valence-electron chi connectivity index (χ0n) is 12.3. The highest BCUT2D eigenvalue weighted by Crippen LogP contribution is 2.17. The molecule has 6 heteroatoms. The highest BCUT2D eigenvalue weighted by Gasteiger charge is 2.28. The van der Waals surface area contributed by atoms with E-state index in [1.165, 1.54) is 6.07 Å². The van der Waals surface area contributed by atoms with Crippen LogP contribution in [-0.2, 0) is 11.2 Å². The number of aliphatic hydroxyl groups is 1. The zero-order valence-corrected chi connectivity index (χ0v) is 12.3. The van der Waals surface area contributed by atoms with Gasteiger partial charge in [-0.3, -0.25) is 0 Å². The number of halogens is 1. The SMILES string of the molecule is CCc1ccc(NC(=O)N2C[C@H](CO)O[C@H](C)C2)cc1F. The summed E-state index contributed by atoms with van der Waals surface area (Å²) in [6.07, 6.45) is 0.0960. The highest BCUT2D eigenvalue weighted by atomic mass is 19.1. The van der Waals surface area contributed by atoms with Crippen molar-refractivity contribution in [1.82, 2.24) is 4.90 Å². The summed E-state index contributed by atoms with van der Waals surface area (Å²) in [6.45, 7) is 4.35. The lowest BCUT2D eigenvalue weighted by atomic mass is 10.1. The minimum atomic E-state index is -0.376. The van der Waals surface area contributed by atoms with Crippen LogP contribution in [0, 0.1) is 5.82 Å². The standard InChI is InChI=1S/C15H21FN2O3/c1-3-11-4-5-12(6-14(11)16)17-15(20)18-7-10(2)21-13(8-18)9-19/h4-6,10,13,19H,3,7-9H2,1-2H3,(H,17,20)/t10-,13-/m1/s1. The zero-order chi connectivity index (χ0) is 15.4. The number of anilines is 1. The number of urea groups is 1. The Kier molecular flexibility index (Phi) is 5.14. The van der Waals surface area contributed by atoms with Crippen LogP contribution in [0.5, 0.6) is 0 Å². The number of aryl methyl sites for hydroxylation is 1. The molecule has 1 aromatic rings. The summed E-state index contributed by atoms with van der Waals surface area (Å²) in [5.41, 5.74) is 1.04. The Labute approximate surface area is 123 Å². The molecular formula is C15H21FN2O3. The lowest BCUT2D eigenvalue weighted by Crippen LogP contribution is -2.51. The van der Waals surface area contributed by atoms with Gasteiger partial charge in [0.05, 0.1) is 25.4 Å². The van der Waals surface area contributed by atoms with E-state index in [2.05, 4.69) is 5.32 Å². The monoisotopic (exact) mass is 296 g/mol. The van der Waals surface area contributed by atoms with Gasteiger partial charge in [-0.15, -0.1) is 0 Å². The molecule has 0 aliphatic carbocycles. The number of carbonyl (C=O) groups is 1. The van der Waals surface area contributed by atoms with Crippen molar-refractivity contribution in [2.45, 2.75) is 32.5 Å². The van der Waals surface area contributed by atoms with Crippen molar-refractivity contribution in [2.75, 3.05) is 25.0 Å². The largest absolute Gasteiger partial charge is 0.394 e. The summed E-state index contributed by atoms with van der Waals surface area (Å²) in [5, 5.41) is 11.8. The van der Waals surface area contributed by atoms with E-state index in [0.29, 0.717) is 30.8 Å². The van der Waals surface area contributed by atoms with Gasteiger partial charge in [-0.05, 0) is 31.0 Å². The summed E-state index contributed by atoms with van der Waals surface area (Å²) in [4.78, 5) is 13.8. The van der Waals surface area contributed by atoms with E-state index >= 15 is 0 Å². The second-order valence-electron chi connectivity index (χ2n) is 5.25. The molecule has 1 fully saturated rings. The average molecular weight is 296 g/mol. The van der Waals surface area contributed by atoms with E-state index in [9.17, 15) is 9.18 Å². The van der Waals surface area contributed by atoms with Gasteiger partial charge in [0.2, 0.25) is 0 Å². The molecule has 0 spiro atoms. The molecule has 0 bridgehead atoms. The van der Waals surface area contributed by atoms with E-state index in [1.807, 2.05) is 13.8 Å². The maximum Gasteiger partial charge on any atom is 0.322 e. The van der Waals surface area contributed by atoms with Gasteiger partial charge in [0.15, 0.2) is 0 Å². The predicted molar refractivity (Wildman–Crippen MR) is 77.8 cm³/mol. The third-order valence-electron chi connectivity index (χ3n) is 3.50. The number of aliphatic hydroxyl groups excluding tert-OH is 1. The number of carbonyl (C=O) groups excluding carboxylic acids is 1. The molecule has 1 aliphatic heterocycles. The molecular weight excluding hydrogens is 275 g/mol. The van der Waals surface area contributed by atoms with Crippen LogP contribution in [-0.4, -0.2) is 47.9 Å². The fourth-order valence-electron chi connectivity index (χ4n) is 2.43. The topological polar surface area (TPSA) is 61.8 Å². The summed E-state index contributed by atoms with van der Waals surface area (Å²) in [7, 11) is 0. The fraction of sp³-hybridized carbons (Fsp3) is 0.533. The highest BCUT2D eigenvalue weighted by molar-refractivity contribution is 5.89. The molecule has 1 aromatic carbocycles. The van der Waals surface area contributed by atoms with Gasteiger partial charge in [0.25, 0.3) is 0 Å². The second kappa shape index (κ2) is 6.87. The van der Waals surface area contributed by atoms with Gasteiger partial charge in [0.1, 0.15) is 5.82 Å². The summed E-state index contributed by atoms with van der Waals surface area (Å²) < 4.78 is 19.2. The number of rotatable bonds is 3. The van der Waals surface area contributed by atoms with Crippen LogP contribution in [0.15, 0.2) is 18.2 Å². The maximum atomic E-state index is 13.7. The van der Waals surface area contributed by atoms with Crippen molar-refractivity contribution < 1.29 is 19.0 Å². The molecule has 1 saturated heterocycles. The first-order valence-corrected chi connectivity index (χ1v) is 7.14. The van der Waals surface area contributed by atoms with E-state index in [1.54, 1.807) is 17.0 Å². The van der Waals surface area contributed by atoms with Crippen molar-refractivity contribution in [3.63, 3.8) is 0 Å². The molecule has 0 radical (unpaired) electrons. The molecule has 2 amide bonds. The minimum Gasteiger partial charge on any atom is -0.394 e. The number of hydrogen-bond donors (Lipinski definition) is 2. The molecule has 2 rings (SSSR count). The first kappa shape index (κ1) is 15.7. The van der Waals surface area contributed by atoms with Crippen molar-refractivity contribution in [2.24, 2.45) is 0 Å². The molecule has 5 nitrogen and oxygen atoms in total. The Balaban J connectivity index is 2.02. The fourth-order valence-corrected chi connectivity index (χ4v) is 2.43. The molecule has 1 heterocycles. The first-order valence-electron chi connectivity index (χ1n) is 7.14. The smallest absolute Gasteiger partial charge is 0.322 e. The molecule has 0 unspecified atom stereocenters. The quantitative estimate of drug-likeness (QED) is 0.897. The van der Waals surface area contributed by atoms with Crippen molar-refractivity contribution in [3.8, 4) is 0 Å².